The Kier molecular flexibility index (Phi) is 4.83. The molecule has 0 aliphatic rings. The maximum atomic E-state index is 11.8. The van der Waals surface area contributed by atoms with Gasteiger partial charge in [0, 0.05) is 16.1 Å². The maximum absolute atomic E-state index is 11.8. The van der Waals surface area contributed by atoms with Crippen molar-refractivity contribution in [2.24, 2.45) is 0 Å². The van der Waals surface area contributed by atoms with Crippen LogP contribution < -0.4 is 0 Å². The Morgan fingerprint density at radius 1 is 0.743 bits per heavy atom. The van der Waals surface area contributed by atoms with Gasteiger partial charge in [-0.1, -0.05) is 80.9 Å². The van der Waals surface area contributed by atoms with Crippen molar-refractivity contribution in [1.82, 2.24) is 15.0 Å². The Morgan fingerprint density at radius 2 is 1.37 bits per heavy atom. The number of aromatic nitrogens is 3. The van der Waals surface area contributed by atoms with Crippen molar-refractivity contribution in [1.29, 1.82) is 0 Å². The lowest BCUT2D eigenvalue weighted by Crippen LogP contribution is -2.13. The molecule has 1 N–H and O–H groups in total. The first-order valence-electron chi connectivity index (χ1n) is 11.6. The molecule has 4 nitrogen and oxygen atoms in total. The number of phenols is 1. The van der Waals surface area contributed by atoms with Crippen LogP contribution in [0.4, 0.5) is 0 Å². The number of hydrogen-bond donors (Lipinski definition) is 1. The number of phenolic OH excluding ortho intramolecular Hbond substituents is 1. The third-order valence-electron chi connectivity index (χ3n) is 6.55. The molecule has 6 aromatic rings. The van der Waals surface area contributed by atoms with E-state index in [4.69, 9.17) is 11.6 Å². The summed E-state index contributed by atoms with van der Waals surface area (Å²) in [6.45, 7) is 6.50. The van der Waals surface area contributed by atoms with Crippen molar-refractivity contribution in [3.8, 4) is 22.6 Å². The molecule has 6 rings (SSSR count). The Labute approximate surface area is 208 Å². The third-order valence-corrected chi connectivity index (χ3v) is 6.79. The first-order valence-corrected chi connectivity index (χ1v) is 12.0. The van der Waals surface area contributed by atoms with Gasteiger partial charge in [0.05, 0.1) is 0 Å². The molecular formula is C30H24ClN3O. The van der Waals surface area contributed by atoms with E-state index < -0.39 is 0 Å². The van der Waals surface area contributed by atoms with E-state index in [2.05, 4.69) is 67.4 Å². The molecule has 0 saturated heterocycles. The van der Waals surface area contributed by atoms with E-state index >= 15 is 0 Å². The normalized spacial score (nSPS) is 12.1. The second-order valence-electron chi connectivity index (χ2n) is 9.96. The smallest absolute Gasteiger partial charge is 0.150 e. The van der Waals surface area contributed by atoms with Crippen LogP contribution in [0.15, 0.2) is 84.9 Å². The Balaban J connectivity index is 1.73. The van der Waals surface area contributed by atoms with Crippen LogP contribution >= 0.6 is 11.6 Å². The minimum absolute atomic E-state index is 0.144. The summed E-state index contributed by atoms with van der Waals surface area (Å²) in [5.74, 6) is 0.144. The summed E-state index contributed by atoms with van der Waals surface area (Å²) in [5.41, 5.74) is 4.62. The highest BCUT2D eigenvalue weighted by atomic mass is 35.5. The lowest BCUT2D eigenvalue weighted by molar-refractivity contribution is 0.468. The van der Waals surface area contributed by atoms with Crippen LogP contribution in [0.5, 0.6) is 5.75 Å². The summed E-state index contributed by atoms with van der Waals surface area (Å²) in [4.78, 5) is 1.52. The number of halogens is 1. The predicted octanol–water partition coefficient (Wildman–Crippen LogP) is 8.05. The fraction of sp³-hybridized carbons (Fsp3) is 0.133. The maximum Gasteiger partial charge on any atom is 0.150 e. The molecule has 0 atom stereocenters. The van der Waals surface area contributed by atoms with Gasteiger partial charge >= 0.3 is 0 Å². The van der Waals surface area contributed by atoms with Crippen LogP contribution in [0.1, 0.15) is 26.3 Å². The summed E-state index contributed by atoms with van der Waals surface area (Å²) < 4.78 is 0. The van der Waals surface area contributed by atoms with Crippen molar-refractivity contribution in [3.63, 3.8) is 0 Å². The number of hydrogen-bond acceptors (Lipinski definition) is 3. The second kappa shape index (κ2) is 7.82. The van der Waals surface area contributed by atoms with Crippen molar-refractivity contribution >= 4 is 44.2 Å². The molecule has 0 amide bonds. The van der Waals surface area contributed by atoms with E-state index in [9.17, 15) is 5.11 Å². The fourth-order valence-electron chi connectivity index (χ4n) is 4.69. The minimum Gasteiger partial charge on any atom is -0.505 e. The second-order valence-corrected chi connectivity index (χ2v) is 10.4. The Morgan fingerprint density at radius 3 is 2.03 bits per heavy atom. The zero-order chi connectivity index (χ0) is 24.3. The summed E-state index contributed by atoms with van der Waals surface area (Å²) in [5, 5.41) is 26.1. The molecule has 0 fully saturated rings. The zero-order valence-electron chi connectivity index (χ0n) is 19.7. The molecular weight excluding hydrogens is 454 g/mol. The highest BCUT2D eigenvalue weighted by Gasteiger charge is 2.23. The molecule has 0 aliphatic heterocycles. The van der Waals surface area contributed by atoms with Crippen LogP contribution in [-0.2, 0) is 5.41 Å². The first-order chi connectivity index (χ1) is 16.8. The largest absolute Gasteiger partial charge is 0.505 e. The van der Waals surface area contributed by atoms with E-state index in [-0.39, 0.29) is 11.2 Å². The molecule has 172 valence electrons. The minimum atomic E-state index is -0.159. The molecule has 1 aromatic heterocycles. The van der Waals surface area contributed by atoms with E-state index in [1.807, 2.05) is 36.4 Å². The van der Waals surface area contributed by atoms with Crippen LogP contribution in [-0.4, -0.2) is 20.1 Å². The van der Waals surface area contributed by atoms with Gasteiger partial charge < -0.3 is 5.11 Å². The predicted molar refractivity (Wildman–Crippen MR) is 145 cm³/mol. The van der Waals surface area contributed by atoms with Gasteiger partial charge in [-0.2, -0.15) is 0 Å². The number of rotatable bonds is 2. The number of aromatic hydroxyl groups is 1. The van der Waals surface area contributed by atoms with Gasteiger partial charge in [0.2, 0.25) is 0 Å². The molecule has 1 heterocycles. The fourth-order valence-corrected chi connectivity index (χ4v) is 4.86. The van der Waals surface area contributed by atoms with Crippen molar-refractivity contribution in [2.75, 3.05) is 0 Å². The highest BCUT2D eigenvalue weighted by Crippen LogP contribution is 2.44. The first kappa shape index (κ1) is 21.6. The zero-order valence-corrected chi connectivity index (χ0v) is 20.5. The highest BCUT2D eigenvalue weighted by molar-refractivity contribution is 6.31. The molecule has 0 radical (unpaired) electrons. The van der Waals surface area contributed by atoms with Crippen LogP contribution in [0, 0.1) is 0 Å². The van der Waals surface area contributed by atoms with Gasteiger partial charge in [0.15, 0.2) is 5.75 Å². The Bertz CT molecular complexity index is 1710. The number of benzene rings is 5. The third kappa shape index (κ3) is 3.62. The summed E-state index contributed by atoms with van der Waals surface area (Å²) in [7, 11) is 0. The lowest BCUT2D eigenvalue weighted by atomic mass is 9.83. The summed E-state index contributed by atoms with van der Waals surface area (Å²) in [6, 6.07) is 28.3. The quantitative estimate of drug-likeness (QED) is 0.256. The van der Waals surface area contributed by atoms with E-state index in [0.29, 0.717) is 21.7 Å². The molecule has 35 heavy (non-hydrogen) atoms. The van der Waals surface area contributed by atoms with E-state index in [1.54, 1.807) is 12.1 Å². The molecule has 0 aliphatic carbocycles. The van der Waals surface area contributed by atoms with E-state index in [0.717, 1.165) is 38.2 Å². The van der Waals surface area contributed by atoms with Gasteiger partial charge in [0.1, 0.15) is 16.7 Å². The monoisotopic (exact) mass is 477 g/mol. The van der Waals surface area contributed by atoms with Crippen molar-refractivity contribution in [3.05, 3.63) is 95.5 Å². The summed E-state index contributed by atoms with van der Waals surface area (Å²) in [6.07, 6.45) is 0. The summed E-state index contributed by atoms with van der Waals surface area (Å²) >= 11 is 6.18. The van der Waals surface area contributed by atoms with Gasteiger partial charge in [-0.3, -0.25) is 0 Å². The molecule has 0 saturated carbocycles. The average Bonchev–Trinajstić information content (AvgIpc) is 3.25. The topological polar surface area (TPSA) is 50.9 Å². The van der Waals surface area contributed by atoms with Crippen LogP contribution in [0.25, 0.3) is 49.4 Å². The molecule has 0 unspecified atom stereocenters. The van der Waals surface area contributed by atoms with Gasteiger partial charge in [-0.05, 0) is 68.9 Å². The molecule has 0 bridgehead atoms. The van der Waals surface area contributed by atoms with Crippen molar-refractivity contribution < 1.29 is 5.11 Å². The average molecular weight is 478 g/mol. The van der Waals surface area contributed by atoms with Crippen LogP contribution in [0.3, 0.4) is 0 Å². The number of nitrogens with zero attached hydrogens (tertiary/aromatic N) is 3. The van der Waals surface area contributed by atoms with Crippen LogP contribution in [0.2, 0.25) is 5.02 Å². The molecule has 5 heteroatoms. The molecule has 5 aromatic carbocycles. The lowest BCUT2D eigenvalue weighted by Gasteiger charge is -2.23. The standard InChI is InChI=1S/C30H24ClN3O/c1-30(2,3)20-15-24(28-22-10-6-4-8-18(22)14-19-9-5-7-11-23(19)28)29(35)27(16-20)34-32-25-13-12-21(31)17-26(25)33-34/h4-17,35H,1-3H3. The van der Waals surface area contributed by atoms with Gasteiger partial charge in [-0.15, -0.1) is 15.0 Å². The van der Waals surface area contributed by atoms with Crippen molar-refractivity contribution in [2.45, 2.75) is 26.2 Å². The Hall–Kier alpha value is -3.89. The molecule has 0 spiro atoms. The van der Waals surface area contributed by atoms with E-state index in [1.165, 1.54) is 4.80 Å². The van der Waals surface area contributed by atoms with Gasteiger partial charge in [-0.25, -0.2) is 0 Å². The van der Waals surface area contributed by atoms with Gasteiger partial charge in [0.25, 0.3) is 0 Å². The SMILES string of the molecule is CC(C)(C)c1cc(-c2c3ccccc3cc3ccccc23)c(O)c(-n2nc3ccc(Cl)cc3n2)c1. The number of fused-ring (bicyclic) bond motifs is 3.